The highest BCUT2D eigenvalue weighted by molar-refractivity contribution is 7.79. The van der Waals surface area contributed by atoms with Crippen molar-refractivity contribution in [2.75, 3.05) is 5.73 Å². The summed E-state index contributed by atoms with van der Waals surface area (Å²) in [5.41, 5.74) is 13.8. The van der Waals surface area contributed by atoms with E-state index in [9.17, 15) is 4.79 Å². The molecule has 3 aromatic rings. The van der Waals surface area contributed by atoms with Crippen LogP contribution < -0.4 is 17.0 Å². The molecule has 0 spiro atoms. The van der Waals surface area contributed by atoms with Crippen molar-refractivity contribution in [3.63, 3.8) is 0 Å². The molecule has 0 aliphatic rings. The summed E-state index contributed by atoms with van der Waals surface area (Å²) in [4.78, 5) is 23.2. The van der Waals surface area contributed by atoms with Gasteiger partial charge in [-0.1, -0.05) is 24.3 Å². The Balaban J connectivity index is 0.000000399. The van der Waals surface area contributed by atoms with Crippen LogP contribution in [-0.4, -0.2) is 37.0 Å². The lowest BCUT2D eigenvalue weighted by Gasteiger charge is -2.09. The average molecular weight is 368 g/mol. The highest BCUT2D eigenvalue weighted by Crippen LogP contribution is 2.09. The first-order chi connectivity index (χ1) is 11.7. The molecular formula is C13H16N6O5S. The van der Waals surface area contributed by atoms with E-state index in [2.05, 4.69) is 15.0 Å². The molecule has 0 saturated heterocycles. The smallest absolute Gasteiger partial charge is 0.369 e. The molecule has 0 bridgehead atoms. The predicted molar refractivity (Wildman–Crippen MR) is 90.2 cm³/mol. The average Bonchev–Trinajstić information content (AvgIpc) is 2.99. The van der Waals surface area contributed by atoms with Gasteiger partial charge >= 0.3 is 10.4 Å². The molecule has 1 aromatic carbocycles. The van der Waals surface area contributed by atoms with Gasteiger partial charge in [-0.2, -0.15) is 13.4 Å². The lowest BCUT2D eigenvalue weighted by Crippen LogP contribution is -2.25. The Hall–Kier alpha value is -2.80. The van der Waals surface area contributed by atoms with Gasteiger partial charge in [-0.25, -0.2) is 4.98 Å². The fraction of sp³-hybridized carbons (Fsp3) is 0.154. The molecule has 134 valence electrons. The van der Waals surface area contributed by atoms with Crippen LogP contribution in [0.3, 0.4) is 0 Å². The number of hydrogen-bond acceptors (Lipinski definition) is 7. The molecule has 0 amide bonds. The quantitative estimate of drug-likeness (QED) is 0.381. The largest absolute Gasteiger partial charge is 0.394 e. The highest BCUT2D eigenvalue weighted by Gasteiger charge is 2.10. The molecule has 11 nitrogen and oxygen atoms in total. The van der Waals surface area contributed by atoms with Crippen LogP contribution in [0.25, 0.3) is 11.2 Å². The third-order valence-corrected chi connectivity index (χ3v) is 3.17. The minimum absolute atomic E-state index is 0.162. The SMILES string of the molecule is NCc1ccc(Cn2c(N)nc3[nH]cnc3c2=O)cc1.O=S(=O)(O)O. The summed E-state index contributed by atoms with van der Waals surface area (Å²) < 4.78 is 33.0. The molecule has 0 unspecified atom stereocenters. The number of aromatic amines is 1. The Morgan fingerprint density at radius 3 is 2.28 bits per heavy atom. The fourth-order valence-electron chi connectivity index (χ4n) is 2.05. The molecule has 0 aliphatic heterocycles. The second kappa shape index (κ2) is 7.40. The molecule has 0 saturated carbocycles. The maximum Gasteiger partial charge on any atom is 0.394 e. The van der Waals surface area contributed by atoms with Crippen LogP contribution >= 0.6 is 0 Å². The van der Waals surface area contributed by atoms with Gasteiger partial charge in [-0.05, 0) is 11.1 Å². The number of anilines is 1. The Morgan fingerprint density at radius 1 is 1.16 bits per heavy atom. The summed E-state index contributed by atoms with van der Waals surface area (Å²) >= 11 is 0. The number of nitrogen functional groups attached to an aromatic ring is 1. The van der Waals surface area contributed by atoms with E-state index in [1.54, 1.807) is 0 Å². The van der Waals surface area contributed by atoms with Crippen molar-refractivity contribution in [2.45, 2.75) is 13.1 Å². The van der Waals surface area contributed by atoms with Crippen molar-refractivity contribution in [2.24, 2.45) is 5.73 Å². The van der Waals surface area contributed by atoms with E-state index >= 15 is 0 Å². The molecule has 2 aromatic heterocycles. The van der Waals surface area contributed by atoms with Gasteiger partial charge in [0.25, 0.3) is 5.56 Å². The molecular weight excluding hydrogens is 352 g/mol. The zero-order chi connectivity index (χ0) is 18.6. The second-order valence-corrected chi connectivity index (χ2v) is 5.83. The lowest BCUT2D eigenvalue weighted by atomic mass is 10.1. The van der Waals surface area contributed by atoms with Crippen LogP contribution in [0.15, 0.2) is 35.4 Å². The Kier molecular flexibility index (Phi) is 5.48. The molecule has 12 heteroatoms. The second-order valence-electron chi connectivity index (χ2n) is 4.93. The number of benzene rings is 1. The highest BCUT2D eigenvalue weighted by atomic mass is 32.3. The number of nitrogens with one attached hydrogen (secondary N) is 1. The van der Waals surface area contributed by atoms with Crippen molar-refractivity contribution >= 4 is 27.5 Å². The van der Waals surface area contributed by atoms with Crippen molar-refractivity contribution in [1.82, 2.24) is 19.5 Å². The summed E-state index contributed by atoms with van der Waals surface area (Å²) in [7, 11) is -4.67. The number of nitrogens with two attached hydrogens (primary N) is 2. The Morgan fingerprint density at radius 2 is 1.72 bits per heavy atom. The number of hydrogen-bond donors (Lipinski definition) is 5. The normalized spacial score (nSPS) is 11.2. The summed E-state index contributed by atoms with van der Waals surface area (Å²) in [5.74, 6) is 0.162. The third-order valence-electron chi connectivity index (χ3n) is 3.17. The summed E-state index contributed by atoms with van der Waals surface area (Å²) in [5, 5.41) is 0. The van der Waals surface area contributed by atoms with Gasteiger partial charge in [-0.3, -0.25) is 18.5 Å². The van der Waals surface area contributed by atoms with E-state index in [0.717, 1.165) is 11.1 Å². The standard InChI is InChI=1S/C13H14N6O.H2O4S/c14-5-8-1-3-9(4-2-8)6-19-12(20)10-11(17-7-16-10)18-13(19)15;1-5(2,3)4/h1-4,7H,5-6,14H2,(H2,15,18)(H,16,17);(H2,1,2,3,4). The lowest BCUT2D eigenvalue weighted by molar-refractivity contribution is 0.381. The zero-order valence-corrected chi connectivity index (χ0v) is 13.6. The molecule has 25 heavy (non-hydrogen) atoms. The maximum absolute atomic E-state index is 12.3. The minimum Gasteiger partial charge on any atom is -0.369 e. The van der Waals surface area contributed by atoms with Gasteiger partial charge in [0, 0.05) is 6.54 Å². The van der Waals surface area contributed by atoms with Gasteiger partial charge in [0.15, 0.2) is 11.2 Å². The van der Waals surface area contributed by atoms with Crippen molar-refractivity contribution in [1.29, 1.82) is 0 Å². The van der Waals surface area contributed by atoms with Crippen LogP contribution in [0.5, 0.6) is 0 Å². The van der Waals surface area contributed by atoms with Crippen LogP contribution in [-0.2, 0) is 23.5 Å². The van der Waals surface area contributed by atoms with Crippen molar-refractivity contribution < 1.29 is 17.5 Å². The van der Waals surface area contributed by atoms with Crippen LogP contribution in [0.1, 0.15) is 11.1 Å². The first-order valence-corrected chi connectivity index (χ1v) is 8.26. The number of fused-ring (bicyclic) bond motifs is 1. The first-order valence-electron chi connectivity index (χ1n) is 6.86. The topological polar surface area (TPSA) is 190 Å². The van der Waals surface area contributed by atoms with Gasteiger partial charge in [0.1, 0.15) is 0 Å². The first kappa shape index (κ1) is 18.5. The van der Waals surface area contributed by atoms with E-state index in [1.165, 1.54) is 10.9 Å². The summed E-state index contributed by atoms with van der Waals surface area (Å²) in [6.07, 6.45) is 1.43. The van der Waals surface area contributed by atoms with Crippen molar-refractivity contribution in [3.05, 3.63) is 52.1 Å². The van der Waals surface area contributed by atoms with E-state index in [4.69, 9.17) is 29.0 Å². The number of H-pyrrole nitrogens is 1. The van der Waals surface area contributed by atoms with E-state index in [1.807, 2.05) is 24.3 Å². The molecule has 0 fully saturated rings. The number of rotatable bonds is 3. The van der Waals surface area contributed by atoms with Gasteiger partial charge in [-0.15, -0.1) is 0 Å². The summed E-state index contributed by atoms with van der Waals surface area (Å²) in [6.45, 7) is 0.842. The molecule has 2 heterocycles. The van der Waals surface area contributed by atoms with E-state index in [-0.39, 0.29) is 17.0 Å². The third kappa shape index (κ3) is 5.09. The molecule has 0 aliphatic carbocycles. The minimum atomic E-state index is -4.67. The molecule has 3 rings (SSSR count). The van der Waals surface area contributed by atoms with Crippen LogP contribution in [0, 0.1) is 0 Å². The Bertz CT molecular complexity index is 1020. The van der Waals surface area contributed by atoms with Gasteiger partial charge in [0.2, 0.25) is 5.95 Å². The number of imidazole rings is 1. The predicted octanol–water partition coefficient (Wildman–Crippen LogP) is -0.444. The van der Waals surface area contributed by atoms with Gasteiger partial charge < -0.3 is 16.5 Å². The molecule has 0 radical (unpaired) electrons. The van der Waals surface area contributed by atoms with Crippen LogP contribution in [0.4, 0.5) is 5.95 Å². The van der Waals surface area contributed by atoms with Crippen molar-refractivity contribution in [3.8, 4) is 0 Å². The zero-order valence-electron chi connectivity index (χ0n) is 12.8. The van der Waals surface area contributed by atoms with Gasteiger partial charge in [0.05, 0.1) is 12.9 Å². The number of aromatic nitrogens is 4. The monoisotopic (exact) mass is 368 g/mol. The van der Waals surface area contributed by atoms with Crippen LogP contribution in [0.2, 0.25) is 0 Å². The maximum atomic E-state index is 12.3. The molecule has 7 N–H and O–H groups in total. The summed E-state index contributed by atoms with van der Waals surface area (Å²) in [6, 6.07) is 7.69. The fourth-order valence-corrected chi connectivity index (χ4v) is 2.05. The van der Waals surface area contributed by atoms with E-state index < -0.39 is 10.4 Å². The molecule has 0 atom stereocenters. The Labute approximate surface area is 141 Å². The van der Waals surface area contributed by atoms with E-state index in [0.29, 0.717) is 18.7 Å². The number of nitrogens with zero attached hydrogens (tertiary/aromatic N) is 3.